The van der Waals surface area contributed by atoms with Crippen molar-refractivity contribution in [2.24, 2.45) is 0 Å². The predicted octanol–water partition coefficient (Wildman–Crippen LogP) is 4.91. The van der Waals surface area contributed by atoms with Gasteiger partial charge in [-0.3, -0.25) is 0 Å². The molecule has 0 radical (unpaired) electrons. The molecule has 0 heterocycles. The first-order valence-electron chi connectivity index (χ1n) is 6.75. The van der Waals surface area contributed by atoms with Gasteiger partial charge in [0.25, 0.3) is 0 Å². The van der Waals surface area contributed by atoms with Gasteiger partial charge < -0.3 is 5.11 Å². The van der Waals surface area contributed by atoms with E-state index in [1.54, 1.807) is 0 Å². The van der Waals surface area contributed by atoms with Crippen LogP contribution >= 0.6 is 11.6 Å². The van der Waals surface area contributed by atoms with Crippen LogP contribution in [0.4, 0.5) is 4.39 Å². The van der Waals surface area contributed by atoms with Gasteiger partial charge in [-0.15, -0.1) is 0 Å². The van der Waals surface area contributed by atoms with Gasteiger partial charge in [0.2, 0.25) is 0 Å². The van der Waals surface area contributed by atoms with Crippen molar-refractivity contribution in [2.45, 2.75) is 12.5 Å². The smallest absolute Gasteiger partial charge is 0.123 e. The summed E-state index contributed by atoms with van der Waals surface area (Å²) in [4.78, 5) is 0. The van der Waals surface area contributed by atoms with E-state index in [9.17, 15) is 9.50 Å². The highest BCUT2D eigenvalue weighted by Gasteiger charge is 2.14. The molecule has 0 spiro atoms. The Morgan fingerprint density at radius 2 is 1.76 bits per heavy atom. The monoisotopic (exact) mass is 300 g/mol. The molecule has 1 unspecified atom stereocenters. The lowest BCUT2D eigenvalue weighted by Gasteiger charge is -2.14. The summed E-state index contributed by atoms with van der Waals surface area (Å²) in [6, 6.07) is 18.0. The lowest BCUT2D eigenvalue weighted by molar-refractivity contribution is 0.178. The minimum Gasteiger partial charge on any atom is -0.388 e. The van der Waals surface area contributed by atoms with Crippen molar-refractivity contribution in [1.82, 2.24) is 0 Å². The van der Waals surface area contributed by atoms with Crippen LogP contribution in [0.3, 0.4) is 0 Å². The number of hydrogen-bond acceptors (Lipinski definition) is 1. The first-order valence-corrected chi connectivity index (χ1v) is 7.12. The van der Waals surface area contributed by atoms with Gasteiger partial charge in [-0.05, 0) is 34.5 Å². The lowest BCUT2D eigenvalue weighted by atomic mass is 9.96. The number of fused-ring (bicyclic) bond motifs is 1. The number of rotatable bonds is 3. The fraction of sp³-hybridized carbons (Fsp3) is 0.111. The third-order valence-electron chi connectivity index (χ3n) is 3.61. The zero-order valence-electron chi connectivity index (χ0n) is 11.3. The summed E-state index contributed by atoms with van der Waals surface area (Å²) in [5.41, 5.74) is 1.44. The van der Waals surface area contributed by atoms with Crippen molar-refractivity contribution in [3.8, 4) is 0 Å². The normalized spacial score (nSPS) is 12.5. The highest BCUT2D eigenvalue weighted by atomic mass is 35.5. The van der Waals surface area contributed by atoms with Crippen LogP contribution in [0.25, 0.3) is 10.8 Å². The Bertz CT molecular complexity index is 780. The predicted molar refractivity (Wildman–Crippen MR) is 84.0 cm³/mol. The summed E-state index contributed by atoms with van der Waals surface area (Å²) in [6.45, 7) is 0. The Hall–Kier alpha value is -1.90. The molecule has 0 aliphatic heterocycles. The van der Waals surface area contributed by atoms with Crippen LogP contribution < -0.4 is 0 Å². The fourth-order valence-electron chi connectivity index (χ4n) is 2.56. The molecule has 0 bridgehead atoms. The third kappa shape index (κ3) is 2.92. The highest BCUT2D eigenvalue weighted by molar-refractivity contribution is 6.31. The van der Waals surface area contributed by atoms with Crippen LogP contribution in [0.2, 0.25) is 5.02 Å². The van der Waals surface area contributed by atoms with E-state index in [0.29, 0.717) is 17.0 Å². The van der Waals surface area contributed by atoms with Crippen molar-refractivity contribution >= 4 is 22.4 Å². The maximum atomic E-state index is 13.3. The summed E-state index contributed by atoms with van der Waals surface area (Å²) in [6.07, 6.45) is -0.441. The molecule has 3 aromatic carbocycles. The van der Waals surface area contributed by atoms with E-state index >= 15 is 0 Å². The zero-order chi connectivity index (χ0) is 14.8. The topological polar surface area (TPSA) is 20.2 Å². The molecule has 21 heavy (non-hydrogen) atoms. The third-order valence-corrected chi connectivity index (χ3v) is 3.95. The van der Waals surface area contributed by atoms with Gasteiger partial charge >= 0.3 is 0 Å². The summed E-state index contributed by atoms with van der Waals surface area (Å²) in [5.74, 6) is -0.397. The van der Waals surface area contributed by atoms with E-state index < -0.39 is 11.9 Å². The first kappa shape index (κ1) is 14.1. The van der Waals surface area contributed by atoms with Crippen molar-refractivity contribution < 1.29 is 9.50 Å². The summed E-state index contributed by atoms with van der Waals surface area (Å²) < 4.78 is 13.3. The first-order chi connectivity index (χ1) is 10.1. The Morgan fingerprint density at radius 3 is 2.62 bits per heavy atom. The number of benzene rings is 3. The molecule has 3 rings (SSSR count). The molecule has 1 nitrogen and oxygen atoms in total. The van der Waals surface area contributed by atoms with E-state index in [-0.39, 0.29) is 0 Å². The Balaban J connectivity index is 1.96. The van der Waals surface area contributed by atoms with Gasteiger partial charge in [-0.25, -0.2) is 4.39 Å². The molecule has 1 atom stereocenters. The molecule has 0 saturated carbocycles. The standard InChI is InChI=1S/C18H14ClFO/c19-17-9-8-14(20)11-16(17)18(21)10-13-6-3-5-12-4-1-2-7-15(12)13/h1-9,11,18,21H,10H2. The van der Waals surface area contributed by atoms with Gasteiger partial charge in [0.05, 0.1) is 6.10 Å². The van der Waals surface area contributed by atoms with E-state index in [1.165, 1.54) is 18.2 Å². The molecular formula is C18H14ClFO. The molecule has 3 aromatic rings. The highest BCUT2D eigenvalue weighted by Crippen LogP contribution is 2.29. The molecular weight excluding hydrogens is 287 g/mol. The van der Waals surface area contributed by atoms with Crippen LogP contribution in [-0.2, 0) is 6.42 Å². The van der Waals surface area contributed by atoms with Crippen molar-refractivity contribution in [3.63, 3.8) is 0 Å². The Morgan fingerprint density at radius 1 is 1.00 bits per heavy atom. The molecule has 0 fully saturated rings. The van der Waals surface area contributed by atoms with Crippen LogP contribution in [0.1, 0.15) is 17.2 Å². The molecule has 0 amide bonds. The maximum absolute atomic E-state index is 13.3. The second kappa shape index (κ2) is 5.84. The maximum Gasteiger partial charge on any atom is 0.123 e. The van der Waals surface area contributed by atoms with Crippen molar-refractivity contribution in [3.05, 3.63) is 82.6 Å². The molecule has 1 N–H and O–H groups in total. The average Bonchev–Trinajstić information content (AvgIpc) is 2.50. The molecule has 3 heteroatoms. The number of hydrogen-bond donors (Lipinski definition) is 1. The second-order valence-corrected chi connectivity index (χ2v) is 5.43. The lowest BCUT2D eigenvalue weighted by Crippen LogP contribution is -2.03. The van der Waals surface area contributed by atoms with Crippen LogP contribution in [-0.4, -0.2) is 5.11 Å². The number of halogens is 2. The summed E-state index contributed by atoms with van der Waals surface area (Å²) in [7, 11) is 0. The van der Waals surface area contributed by atoms with Crippen LogP contribution in [0.15, 0.2) is 60.7 Å². The van der Waals surface area contributed by atoms with Crippen LogP contribution in [0.5, 0.6) is 0 Å². The van der Waals surface area contributed by atoms with Gasteiger partial charge in [0.1, 0.15) is 5.82 Å². The van der Waals surface area contributed by atoms with Gasteiger partial charge in [0, 0.05) is 17.0 Å². The minimum atomic E-state index is -0.834. The zero-order valence-corrected chi connectivity index (χ0v) is 12.0. The molecule has 106 valence electrons. The molecule has 0 aromatic heterocycles. The molecule has 0 aliphatic carbocycles. The van der Waals surface area contributed by atoms with Gasteiger partial charge in [-0.2, -0.15) is 0 Å². The SMILES string of the molecule is OC(Cc1cccc2ccccc12)c1cc(F)ccc1Cl. The largest absolute Gasteiger partial charge is 0.388 e. The van der Waals surface area contributed by atoms with Gasteiger partial charge in [-0.1, -0.05) is 54.1 Å². The van der Waals surface area contributed by atoms with E-state index in [2.05, 4.69) is 0 Å². The Kier molecular flexibility index (Phi) is 3.91. The second-order valence-electron chi connectivity index (χ2n) is 5.02. The minimum absolute atomic E-state index is 0.379. The quantitative estimate of drug-likeness (QED) is 0.729. The average molecular weight is 301 g/mol. The van der Waals surface area contributed by atoms with E-state index in [0.717, 1.165) is 16.3 Å². The number of aliphatic hydroxyl groups is 1. The van der Waals surface area contributed by atoms with Crippen molar-refractivity contribution in [2.75, 3.05) is 0 Å². The Labute approximate surface area is 127 Å². The summed E-state index contributed by atoms with van der Waals surface area (Å²) in [5, 5.41) is 13.0. The van der Waals surface area contributed by atoms with Crippen LogP contribution in [0, 0.1) is 5.82 Å². The summed E-state index contributed by atoms with van der Waals surface area (Å²) >= 11 is 6.05. The van der Waals surface area contributed by atoms with Gasteiger partial charge in [0.15, 0.2) is 0 Å². The number of aliphatic hydroxyl groups excluding tert-OH is 1. The van der Waals surface area contributed by atoms with E-state index in [4.69, 9.17) is 11.6 Å². The van der Waals surface area contributed by atoms with E-state index in [1.807, 2.05) is 42.5 Å². The molecule has 0 saturated heterocycles. The molecule has 0 aliphatic rings. The fourth-order valence-corrected chi connectivity index (χ4v) is 2.80. The van der Waals surface area contributed by atoms with Crippen molar-refractivity contribution in [1.29, 1.82) is 0 Å².